The lowest BCUT2D eigenvalue weighted by atomic mass is 9.85. The van der Waals surface area contributed by atoms with E-state index in [-0.39, 0.29) is 80.8 Å². The number of piperidine rings is 1. The van der Waals surface area contributed by atoms with Crippen LogP contribution in [0.15, 0.2) is 72.2 Å². The van der Waals surface area contributed by atoms with Gasteiger partial charge >= 0.3 is 0 Å². The summed E-state index contributed by atoms with van der Waals surface area (Å²) >= 11 is 1.57. The standard InChI is InChI=1S/C55H71N9O8S/c1-32-49(73-31-59-32)38-13-9-35(10-14-38)28-58-51(68)44-27-41(65)29-63(44)54(71)50(55(3,4)5)61-47(67)25-34-21-23-62(24-22-34)40-16-11-36(12-17-40)30-72-33(2)43(19-20-46(57)66)60-52(69)45-26-39-8-6-7-37-15-18-42(56)53(70)64(45)48(37)39/h6-14,16-17,31,33-34,41-45,50,65H,15,18-30,56H2,1-5H3,(H2,57,66)(H,58,68)(H,60,69)(H,61,67)/t33-,41-,42+,43+,44+,45+,50-/m1/s1. The van der Waals surface area contributed by atoms with Crippen LogP contribution in [0.5, 0.6) is 0 Å². The van der Waals surface area contributed by atoms with Crippen LogP contribution in [0.4, 0.5) is 11.4 Å². The molecule has 6 amide bonds. The van der Waals surface area contributed by atoms with Gasteiger partial charge in [-0.25, -0.2) is 4.98 Å². The lowest BCUT2D eigenvalue weighted by Gasteiger charge is -2.36. The van der Waals surface area contributed by atoms with E-state index in [1.807, 2.05) is 107 Å². The summed E-state index contributed by atoms with van der Waals surface area (Å²) in [4.78, 5) is 91.5. The number of aliphatic hydroxyl groups is 1. The predicted octanol–water partition coefficient (Wildman–Crippen LogP) is 4.42. The molecule has 0 saturated carbocycles. The Morgan fingerprint density at radius 1 is 0.918 bits per heavy atom. The highest BCUT2D eigenvalue weighted by Crippen LogP contribution is 2.39. The lowest BCUT2D eigenvalue weighted by molar-refractivity contribution is -0.144. The molecule has 17 nitrogen and oxygen atoms in total. The van der Waals surface area contributed by atoms with Gasteiger partial charge in [-0.1, -0.05) is 75.4 Å². The number of ether oxygens (including phenoxy) is 1. The molecule has 1 aromatic heterocycles. The van der Waals surface area contributed by atoms with Crippen molar-refractivity contribution in [3.8, 4) is 10.4 Å². The van der Waals surface area contributed by atoms with Gasteiger partial charge in [-0.2, -0.15) is 0 Å². The number of nitrogens with two attached hydrogens (primary N) is 2. The number of aryl methyl sites for hydroxylation is 2. The molecule has 4 aromatic rings. The molecule has 0 unspecified atom stereocenters. The fourth-order valence-corrected chi connectivity index (χ4v) is 11.5. The number of carbonyl (C=O) groups excluding carboxylic acids is 6. The van der Waals surface area contributed by atoms with Gasteiger partial charge in [0.25, 0.3) is 0 Å². The number of primary amides is 1. The van der Waals surface area contributed by atoms with Crippen LogP contribution in [0.3, 0.4) is 0 Å². The number of thiazole rings is 1. The zero-order valence-corrected chi connectivity index (χ0v) is 43.4. The van der Waals surface area contributed by atoms with Crippen molar-refractivity contribution in [3.63, 3.8) is 0 Å². The number of likely N-dealkylation sites (tertiary alicyclic amines) is 1. The maximum atomic E-state index is 14.2. The summed E-state index contributed by atoms with van der Waals surface area (Å²) in [6, 6.07) is 18.1. The number of nitrogens with zero attached hydrogens (tertiary/aromatic N) is 4. The number of aromatic nitrogens is 1. The van der Waals surface area contributed by atoms with E-state index in [4.69, 9.17) is 16.2 Å². The SMILES string of the molecule is Cc1ncsc1-c1ccc(CNC(=O)[C@@H]2C[C@@H](O)CN2C(=O)[C@@H](NC(=O)CC2CCN(c3ccc(CO[C@H](C)[C@H](CCC(N)=O)NC(=O)[C@@H]4Cc5cccc6c5N4C(=O)[C@@H](N)CC6)cc3)CC2)C(C)(C)C)cc1. The third-order valence-corrected chi connectivity index (χ3v) is 15.9. The second-order valence-electron chi connectivity index (χ2n) is 21.4. The number of aliphatic hydroxyl groups excluding tert-OH is 1. The van der Waals surface area contributed by atoms with Crippen LogP contribution in [-0.4, -0.2) is 112 Å². The molecule has 0 aliphatic carbocycles. The van der Waals surface area contributed by atoms with Gasteiger partial charge in [0.15, 0.2) is 0 Å². The van der Waals surface area contributed by atoms with Gasteiger partial charge in [0, 0.05) is 57.5 Å². The van der Waals surface area contributed by atoms with Crippen molar-refractivity contribution in [2.45, 2.75) is 148 Å². The molecule has 3 aromatic carbocycles. The lowest BCUT2D eigenvalue weighted by Crippen LogP contribution is -2.58. The van der Waals surface area contributed by atoms with E-state index in [2.05, 4.69) is 25.8 Å². The summed E-state index contributed by atoms with van der Waals surface area (Å²) in [5.74, 6) is -1.94. The minimum absolute atomic E-state index is 0.00396. The fourth-order valence-electron chi connectivity index (χ4n) is 10.7. The summed E-state index contributed by atoms with van der Waals surface area (Å²) in [7, 11) is 0. The summed E-state index contributed by atoms with van der Waals surface area (Å²) in [5, 5.41) is 19.8. The number of nitrogens with one attached hydrogen (secondary N) is 3. The van der Waals surface area contributed by atoms with Gasteiger partial charge in [0.2, 0.25) is 35.4 Å². The largest absolute Gasteiger partial charge is 0.391 e. The summed E-state index contributed by atoms with van der Waals surface area (Å²) < 4.78 is 6.31. The molecule has 2 saturated heterocycles. The van der Waals surface area contributed by atoms with Crippen LogP contribution in [0.2, 0.25) is 0 Å². The number of amides is 6. The fraction of sp³-hybridized carbons (Fsp3) is 0.509. The van der Waals surface area contributed by atoms with Crippen molar-refractivity contribution < 1.29 is 38.6 Å². The molecule has 4 aliphatic rings. The third-order valence-electron chi connectivity index (χ3n) is 15.0. The molecule has 8 N–H and O–H groups in total. The molecule has 18 heteroatoms. The highest BCUT2D eigenvalue weighted by Gasteiger charge is 2.46. The Labute approximate surface area is 431 Å². The molecule has 2 fully saturated rings. The summed E-state index contributed by atoms with van der Waals surface area (Å²) in [6.45, 7) is 11.5. The number of β-amino-alcohol motifs (C(OH)–C–C–N with tert-alkyl or cyclic N) is 1. The van der Waals surface area contributed by atoms with Crippen LogP contribution in [-0.2, 0) is 59.5 Å². The maximum absolute atomic E-state index is 14.2. The normalized spacial score (nSPS) is 21.2. The van der Waals surface area contributed by atoms with Crippen molar-refractivity contribution >= 4 is 58.2 Å². The van der Waals surface area contributed by atoms with Crippen molar-refractivity contribution in [2.24, 2.45) is 22.8 Å². The number of para-hydroxylation sites is 1. The van der Waals surface area contributed by atoms with Gasteiger partial charge in [0.1, 0.15) is 18.1 Å². The Balaban J connectivity index is 0.800. The van der Waals surface area contributed by atoms with E-state index in [9.17, 15) is 33.9 Å². The molecule has 0 spiro atoms. The maximum Gasteiger partial charge on any atom is 0.246 e. The van der Waals surface area contributed by atoms with Crippen LogP contribution in [0, 0.1) is 18.3 Å². The Morgan fingerprint density at radius 3 is 2.29 bits per heavy atom. The van der Waals surface area contributed by atoms with Gasteiger partial charge in [-0.3, -0.25) is 33.7 Å². The number of benzene rings is 3. The second kappa shape index (κ2) is 22.9. The first kappa shape index (κ1) is 53.1. The zero-order valence-electron chi connectivity index (χ0n) is 42.6. The molecule has 7 atom stereocenters. The average Bonchev–Trinajstić information content (AvgIpc) is 4.09. The van der Waals surface area contributed by atoms with E-state index >= 15 is 0 Å². The van der Waals surface area contributed by atoms with Crippen molar-refractivity contribution in [2.75, 3.05) is 29.4 Å². The van der Waals surface area contributed by atoms with E-state index in [0.29, 0.717) is 19.3 Å². The van der Waals surface area contributed by atoms with Gasteiger partial charge in [-0.05, 0) is 97.2 Å². The van der Waals surface area contributed by atoms with Crippen LogP contribution in [0.25, 0.3) is 10.4 Å². The van der Waals surface area contributed by atoms with E-state index in [1.54, 1.807) is 16.2 Å². The Bertz CT molecular complexity index is 2640. The first-order chi connectivity index (χ1) is 34.8. The molecular formula is C55H71N9O8S. The minimum Gasteiger partial charge on any atom is -0.391 e. The van der Waals surface area contributed by atoms with E-state index in [1.165, 1.54) is 4.90 Å². The monoisotopic (exact) mass is 1020 g/mol. The average molecular weight is 1020 g/mol. The Kier molecular flexibility index (Phi) is 16.7. The van der Waals surface area contributed by atoms with Crippen LogP contribution in [0.1, 0.15) is 101 Å². The Hall–Kier alpha value is -6.21. The molecule has 0 bridgehead atoms. The van der Waals surface area contributed by atoms with Gasteiger partial charge < -0.3 is 47.1 Å². The highest BCUT2D eigenvalue weighted by atomic mass is 32.1. The number of anilines is 2. The Morgan fingerprint density at radius 2 is 1.62 bits per heavy atom. The number of hydrogen-bond donors (Lipinski definition) is 6. The first-order valence-corrected chi connectivity index (χ1v) is 26.5. The van der Waals surface area contributed by atoms with Crippen molar-refractivity contribution in [1.82, 2.24) is 25.8 Å². The third kappa shape index (κ3) is 12.6. The minimum atomic E-state index is -0.904. The molecular weight excluding hydrogens is 947 g/mol. The van der Waals surface area contributed by atoms with E-state index < -0.39 is 53.7 Å². The molecule has 5 heterocycles. The smallest absolute Gasteiger partial charge is 0.246 e. The number of rotatable bonds is 18. The van der Waals surface area contributed by atoms with Crippen molar-refractivity contribution in [3.05, 3.63) is 100 Å². The molecule has 8 rings (SSSR count). The second-order valence-corrected chi connectivity index (χ2v) is 22.2. The topological polar surface area (TPSA) is 243 Å². The summed E-state index contributed by atoms with van der Waals surface area (Å²) in [5.41, 5.74) is 20.5. The molecule has 0 radical (unpaired) electrons. The number of hydrogen-bond acceptors (Lipinski definition) is 12. The highest BCUT2D eigenvalue weighted by molar-refractivity contribution is 7.13. The predicted molar refractivity (Wildman–Crippen MR) is 280 cm³/mol. The number of carbonyl (C=O) groups is 6. The van der Waals surface area contributed by atoms with Gasteiger partial charge in [-0.15, -0.1) is 11.3 Å². The molecule has 4 aliphatic heterocycles. The van der Waals surface area contributed by atoms with E-state index in [0.717, 1.165) is 75.7 Å². The molecule has 390 valence electrons. The van der Waals surface area contributed by atoms with Crippen LogP contribution < -0.4 is 37.2 Å². The van der Waals surface area contributed by atoms with Crippen LogP contribution >= 0.6 is 11.3 Å². The zero-order chi connectivity index (χ0) is 52.1. The van der Waals surface area contributed by atoms with Gasteiger partial charge in [0.05, 0.1) is 52.7 Å². The van der Waals surface area contributed by atoms with Crippen molar-refractivity contribution in [1.29, 1.82) is 0 Å². The molecule has 73 heavy (non-hydrogen) atoms. The quantitative estimate of drug-likeness (QED) is 0.0815. The summed E-state index contributed by atoms with van der Waals surface area (Å²) in [6.07, 6.45) is 2.42. The first-order valence-electron chi connectivity index (χ1n) is 25.6.